The van der Waals surface area contributed by atoms with Crippen molar-refractivity contribution < 1.29 is 4.79 Å². The van der Waals surface area contributed by atoms with Gasteiger partial charge in [-0.1, -0.05) is 26.7 Å². The Morgan fingerprint density at radius 1 is 1.40 bits per heavy atom. The number of rotatable bonds is 8. The van der Waals surface area contributed by atoms with Crippen LogP contribution in [-0.2, 0) is 4.79 Å². The van der Waals surface area contributed by atoms with Crippen LogP contribution in [0, 0.1) is 0 Å². The largest absolute Gasteiger partial charge is 0.324 e. The highest BCUT2D eigenvalue weighted by Gasteiger charge is 2.39. The molecule has 0 aromatic carbocycles. The van der Waals surface area contributed by atoms with Crippen LogP contribution in [0.1, 0.15) is 59.3 Å². The minimum Gasteiger partial charge on any atom is -0.324 e. The first-order chi connectivity index (χ1) is 9.58. The van der Waals surface area contributed by atoms with Crippen molar-refractivity contribution in [3.63, 3.8) is 0 Å². The van der Waals surface area contributed by atoms with Gasteiger partial charge in [0.25, 0.3) is 0 Å². The van der Waals surface area contributed by atoms with Gasteiger partial charge in [0.2, 0.25) is 5.91 Å². The smallest absolute Gasteiger partial charge is 0.241 e. The van der Waals surface area contributed by atoms with Crippen LogP contribution in [0.4, 0.5) is 0 Å². The number of nitrogens with one attached hydrogen (secondary N) is 1. The lowest BCUT2D eigenvalue weighted by Crippen LogP contribution is -2.46. The fourth-order valence-corrected chi connectivity index (χ4v) is 3.17. The number of hydrogen-bond donors (Lipinski definition) is 1. The van der Waals surface area contributed by atoms with E-state index < -0.39 is 0 Å². The number of hydrogen-bond acceptors (Lipinski definition) is 3. The minimum absolute atomic E-state index is 0.0540. The summed E-state index contributed by atoms with van der Waals surface area (Å²) in [5.74, 6) is 0.321. The number of carbonyl (C=O) groups is 1. The van der Waals surface area contributed by atoms with E-state index in [1.54, 1.807) is 0 Å². The minimum atomic E-state index is 0.0540. The first-order valence-electron chi connectivity index (χ1n) is 8.36. The molecule has 0 radical (unpaired) electrons. The van der Waals surface area contributed by atoms with Crippen LogP contribution < -0.4 is 5.32 Å². The average molecular weight is 281 g/mol. The lowest BCUT2D eigenvalue weighted by molar-refractivity contribution is -0.130. The number of nitrogens with zero attached hydrogens (tertiary/aromatic N) is 2. The summed E-state index contributed by atoms with van der Waals surface area (Å²) in [6.45, 7) is 7.45. The van der Waals surface area contributed by atoms with Crippen molar-refractivity contribution in [2.75, 3.05) is 13.6 Å². The Bertz CT molecular complexity index is 330. The lowest BCUT2D eigenvalue weighted by Gasteiger charge is -2.31. The highest BCUT2D eigenvalue weighted by Crippen LogP contribution is 2.28. The van der Waals surface area contributed by atoms with Gasteiger partial charge < -0.3 is 4.90 Å². The molecule has 1 N–H and O–H groups in total. The normalized spacial score (nSPS) is 28.4. The van der Waals surface area contributed by atoms with Crippen molar-refractivity contribution in [1.82, 2.24) is 15.1 Å². The second-order valence-electron chi connectivity index (χ2n) is 6.52. The molecule has 116 valence electrons. The molecule has 2 aliphatic rings. The summed E-state index contributed by atoms with van der Waals surface area (Å²) in [6.07, 6.45) is 7.14. The molecule has 1 saturated carbocycles. The monoisotopic (exact) mass is 281 g/mol. The lowest BCUT2D eigenvalue weighted by atomic mass is 10.1. The van der Waals surface area contributed by atoms with Gasteiger partial charge in [0.05, 0.1) is 12.2 Å². The molecule has 1 amide bonds. The third kappa shape index (κ3) is 3.53. The molecule has 1 aliphatic carbocycles. The van der Waals surface area contributed by atoms with Crippen LogP contribution in [0.5, 0.6) is 0 Å². The molecule has 0 spiro atoms. The average Bonchev–Trinajstić information content (AvgIpc) is 3.24. The van der Waals surface area contributed by atoms with Crippen LogP contribution in [0.25, 0.3) is 0 Å². The van der Waals surface area contributed by atoms with Crippen molar-refractivity contribution in [3.05, 3.63) is 0 Å². The summed E-state index contributed by atoms with van der Waals surface area (Å²) in [7, 11) is 2.20. The van der Waals surface area contributed by atoms with Gasteiger partial charge >= 0.3 is 0 Å². The zero-order valence-corrected chi connectivity index (χ0v) is 13.6. The summed E-state index contributed by atoms with van der Waals surface area (Å²) >= 11 is 0. The van der Waals surface area contributed by atoms with E-state index >= 15 is 0 Å². The maximum Gasteiger partial charge on any atom is 0.241 e. The van der Waals surface area contributed by atoms with Crippen molar-refractivity contribution in [2.45, 2.75) is 83.6 Å². The van der Waals surface area contributed by atoms with Crippen LogP contribution in [0.15, 0.2) is 0 Å². The summed E-state index contributed by atoms with van der Waals surface area (Å²) in [4.78, 5) is 17.1. The summed E-state index contributed by atoms with van der Waals surface area (Å²) < 4.78 is 0. The first-order valence-corrected chi connectivity index (χ1v) is 8.36. The first kappa shape index (κ1) is 15.8. The summed E-state index contributed by atoms with van der Waals surface area (Å²) in [5, 5.41) is 3.52. The van der Waals surface area contributed by atoms with Crippen molar-refractivity contribution >= 4 is 5.91 Å². The van der Waals surface area contributed by atoms with Gasteiger partial charge in [-0.15, -0.1) is 0 Å². The van der Waals surface area contributed by atoms with Crippen molar-refractivity contribution in [1.29, 1.82) is 0 Å². The Hall–Kier alpha value is -0.610. The molecule has 1 aliphatic heterocycles. The van der Waals surface area contributed by atoms with Gasteiger partial charge in [0.1, 0.15) is 0 Å². The molecule has 1 saturated heterocycles. The standard InChI is InChI=1S/C16H31N3O/c1-5-7-8-14-16(20)19(15(6-2)17-14)11-12(3)18(4)13-9-10-13/h12-15,17H,5-11H2,1-4H3. The van der Waals surface area contributed by atoms with Crippen LogP contribution in [0.3, 0.4) is 0 Å². The van der Waals surface area contributed by atoms with Crippen molar-refractivity contribution in [2.24, 2.45) is 0 Å². The summed E-state index contributed by atoms with van der Waals surface area (Å²) in [5.41, 5.74) is 0. The van der Waals surface area contributed by atoms with E-state index in [-0.39, 0.29) is 12.2 Å². The second kappa shape index (κ2) is 6.90. The Kier molecular flexibility index (Phi) is 5.44. The van der Waals surface area contributed by atoms with E-state index in [2.05, 4.69) is 42.9 Å². The molecule has 2 rings (SSSR count). The van der Waals surface area contributed by atoms with E-state index in [9.17, 15) is 4.79 Å². The summed E-state index contributed by atoms with van der Waals surface area (Å²) in [6, 6.07) is 1.26. The fraction of sp³-hybridized carbons (Fsp3) is 0.938. The Morgan fingerprint density at radius 3 is 2.65 bits per heavy atom. The molecule has 4 heteroatoms. The van der Waals surface area contributed by atoms with E-state index in [0.29, 0.717) is 11.9 Å². The second-order valence-corrected chi connectivity index (χ2v) is 6.52. The quantitative estimate of drug-likeness (QED) is 0.741. The van der Waals surface area contributed by atoms with E-state index in [1.165, 1.54) is 12.8 Å². The topological polar surface area (TPSA) is 35.6 Å². The zero-order valence-electron chi connectivity index (χ0n) is 13.6. The van der Waals surface area contributed by atoms with Crippen LogP contribution in [-0.4, -0.2) is 53.6 Å². The number of amides is 1. The van der Waals surface area contributed by atoms with Crippen LogP contribution >= 0.6 is 0 Å². The third-order valence-corrected chi connectivity index (χ3v) is 4.86. The Morgan fingerprint density at radius 2 is 2.10 bits per heavy atom. The molecule has 0 bridgehead atoms. The Balaban J connectivity index is 1.92. The molecule has 0 aromatic heterocycles. The van der Waals surface area contributed by atoms with E-state index in [1.807, 2.05) is 0 Å². The number of carbonyl (C=O) groups excluding carboxylic acids is 1. The predicted molar refractivity (Wildman–Crippen MR) is 82.5 cm³/mol. The molecule has 0 aromatic rings. The van der Waals surface area contributed by atoms with Gasteiger partial charge in [0.15, 0.2) is 0 Å². The predicted octanol–water partition coefficient (Wildman–Crippen LogP) is 2.20. The maximum absolute atomic E-state index is 12.6. The van der Waals surface area contributed by atoms with Gasteiger partial charge in [0, 0.05) is 18.6 Å². The molecule has 4 nitrogen and oxygen atoms in total. The molecular weight excluding hydrogens is 250 g/mol. The molecule has 3 atom stereocenters. The highest BCUT2D eigenvalue weighted by molar-refractivity contribution is 5.84. The molecule has 20 heavy (non-hydrogen) atoms. The number of likely N-dealkylation sites (N-methyl/N-ethyl adjacent to an activating group) is 1. The van der Waals surface area contributed by atoms with Gasteiger partial charge in [-0.3, -0.25) is 15.0 Å². The van der Waals surface area contributed by atoms with Gasteiger partial charge in [-0.2, -0.15) is 0 Å². The molecule has 1 heterocycles. The molecule has 2 fully saturated rings. The van der Waals surface area contributed by atoms with Gasteiger partial charge in [-0.25, -0.2) is 0 Å². The van der Waals surface area contributed by atoms with E-state index in [0.717, 1.165) is 38.3 Å². The van der Waals surface area contributed by atoms with Gasteiger partial charge in [-0.05, 0) is 39.7 Å². The van der Waals surface area contributed by atoms with Crippen molar-refractivity contribution in [3.8, 4) is 0 Å². The van der Waals surface area contributed by atoms with E-state index in [4.69, 9.17) is 0 Å². The third-order valence-electron chi connectivity index (χ3n) is 4.86. The Labute approximate surface area is 123 Å². The molecule has 3 unspecified atom stereocenters. The fourth-order valence-electron chi connectivity index (χ4n) is 3.17. The highest BCUT2D eigenvalue weighted by atomic mass is 16.2. The molecular formula is C16H31N3O. The van der Waals surface area contributed by atoms with Crippen LogP contribution in [0.2, 0.25) is 0 Å². The zero-order chi connectivity index (χ0) is 14.7. The maximum atomic E-state index is 12.6. The number of unbranched alkanes of at least 4 members (excludes halogenated alkanes) is 1. The SMILES string of the molecule is CCCCC1NC(CC)N(CC(C)N(C)C2CC2)C1=O.